The molecule has 0 saturated carbocycles. The summed E-state index contributed by atoms with van der Waals surface area (Å²) in [5.74, 6) is -0.336. The minimum Gasteiger partial charge on any atom is -0.399 e. The van der Waals surface area contributed by atoms with Gasteiger partial charge in [0.25, 0.3) is 5.91 Å². The van der Waals surface area contributed by atoms with Crippen molar-refractivity contribution >= 4 is 34.3 Å². The molecule has 0 unspecified atom stereocenters. The molecule has 24 heavy (non-hydrogen) atoms. The average molecular weight is 319 g/mol. The van der Waals surface area contributed by atoms with E-state index in [4.69, 9.17) is 11.5 Å². The van der Waals surface area contributed by atoms with Gasteiger partial charge in [-0.1, -0.05) is 18.2 Å². The first-order chi connectivity index (χ1) is 11.6. The van der Waals surface area contributed by atoms with Crippen LogP contribution in [0.15, 0.2) is 66.9 Å². The Kier molecular flexibility index (Phi) is 4.29. The quantitative estimate of drug-likeness (QED) is 0.552. The molecule has 6 nitrogen and oxygen atoms in total. The average Bonchev–Trinajstić information content (AvgIpc) is 2.59. The van der Waals surface area contributed by atoms with Gasteiger partial charge in [-0.05, 0) is 42.5 Å². The van der Waals surface area contributed by atoms with Crippen molar-refractivity contribution in [2.75, 3.05) is 22.1 Å². The van der Waals surface area contributed by atoms with Crippen LogP contribution in [-0.4, -0.2) is 10.9 Å². The first-order valence-electron chi connectivity index (χ1n) is 7.36. The van der Waals surface area contributed by atoms with E-state index >= 15 is 0 Å². The van der Waals surface area contributed by atoms with Crippen molar-refractivity contribution in [2.24, 2.45) is 0 Å². The number of pyridine rings is 1. The van der Waals surface area contributed by atoms with Crippen LogP contribution in [0.1, 0.15) is 10.5 Å². The molecular weight excluding hydrogens is 302 g/mol. The summed E-state index contributed by atoms with van der Waals surface area (Å²) in [5.41, 5.74) is 15.0. The van der Waals surface area contributed by atoms with E-state index in [-0.39, 0.29) is 11.6 Å². The second-order valence-electron chi connectivity index (χ2n) is 5.23. The number of amides is 1. The van der Waals surface area contributed by atoms with Crippen LogP contribution in [0.2, 0.25) is 0 Å². The maximum atomic E-state index is 12.4. The van der Waals surface area contributed by atoms with E-state index in [9.17, 15) is 4.79 Å². The molecule has 0 fully saturated rings. The van der Waals surface area contributed by atoms with Crippen molar-refractivity contribution in [3.05, 3.63) is 72.6 Å². The van der Waals surface area contributed by atoms with Crippen LogP contribution in [0, 0.1) is 0 Å². The lowest BCUT2D eigenvalue weighted by atomic mass is 10.2. The third-order valence-corrected chi connectivity index (χ3v) is 3.36. The number of para-hydroxylation sites is 1. The predicted octanol–water partition coefficient (Wildman–Crippen LogP) is 3.24. The Morgan fingerprint density at radius 2 is 1.62 bits per heavy atom. The van der Waals surface area contributed by atoms with E-state index in [2.05, 4.69) is 15.6 Å². The molecule has 1 amide bonds. The van der Waals surface area contributed by atoms with Crippen molar-refractivity contribution in [1.29, 1.82) is 0 Å². The fourth-order valence-electron chi connectivity index (χ4n) is 2.18. The van der Waals surface area contributed by atoms with Crippen LogP contribution >= 0.6 is 0 Å². The van der Waals surface area contributed by atoms with Crippen molar-refractivity contribution in [3.63, 3.8) is 0 Å². The van der Waals surface area contributed by atoms with Crippen molar-refractivity contribution in [1.82, 2.24) is 4.98 Å². The van der Waals surface area contributed by atoms with Crippen LogP contribution in [0.5, 0.6) is 0 Å². The molecule has 6 N–H and O–H groups in total. The van der Waals surface area contributed by atoms with Gasteiger partial charge in [0.2, 0.25) is 0 Å². The van der Waals surface area contributed by atoms with Crippen LogP contribution in [0.4, 0.5) is 28.4 Å². The summed E-state index contributed by atoms with van der Waals surface area (Å²) in [5, 5.41) is 6.08. The Morgan fingerprint density at radius 1 is 0.875 bits per heavy atom. The molecule has 2 aromatic carbocycles. The summed E-state index contributed by atoms with van der Waals surface area (Å²) in [6.07, 6.45) is 1.44. The Morgan fingerprint density at radius 3 is 2.33 bits per heavy atom. The zero-order valence-corrected chi connectivity index (χ0v) is 12.9. The number of hydrogen-bond donors (Lipinski definition) is 4. The Labute approximate surface area is 139 Å². The zero-order valence-electron chi connectivity index (χ0n) is 12.9. The van der Waals surface area contributed by atoms with Crippen LogP contribution in [-0.2, 0) is 0 Å². The van der Waals surface area contributed by atoms with Gasteiger partial charge in [0.1, 0.15) is 5.69 Å². The normalized spacial score (nSPS) is 10.2. The van der Waals surface area contributed by atoms with E-state index in [1.807, 2.05) is 36.4 Å². The molecule has 1 heterocycles. The van der Waals surface area contributed by atoms with Gasteiger partial charge in [0, 0.05) is 11.4 Å². The highest BCUT2D eigenvalue weighted by molar-refractivity contribution is 6.05. The smallest absolute Gasteiger partial charge is 0.274 e. The molecule has 1 aromatic heterocycles. The van der Waals surface area contributed by atoms with Crippen molar-refractivity contribution in [2.45, 2.75) is 0 Å². The summed E-state index contributed by atoms with van der Waals surface area (Å²) in [4.78, 5) is 16.4. The van der Waals surface area contributed by atoms with E-state index in [1.54, 1.807) is 24.3 Å². The minimum absolute atomic E-state index is 0.275. The van der Waals surface area contributed by atoms with Gasteiger partial charge in [-0.2, -0.15) is 0 Å². The molecule has 0 radical (unpaired) electrons. The number of nitrogen functional groups attached to an aromatic ring is 2. The maximum Gasteiger partial charge on any atom is 0.274 e. The van der Waals surface area contributed by atoms with Gasteiger partial charge >= 0.3 is 0 Å². The number of aromatic nitrogens is 1. The number of nitrogens with zero attached hydrogens (tertiary/aromatic N) is 1. The standard InChI is InChI=1S/C18H17N5O/c19-12-6-8-15(22-14-4-2-1-3-5-14)17(10-12)23-18(24)16-9-7-13(20)11-21-16/h1-11,22H,19-20H2,(H,23,24). The lowest BCUT2D eigenvalue weighted by Crippen LogP contribution is -2.15. The highest BCUT2D eigenvalue weighted by Gasteiger charge is 2.11. The minimum atomic E-state index is -0.336. The fourth-order valence-corrected chi connectivity index (χ4v) is 2.18. The third-order valence-electron chi connectivity index (χ3n) is 3.36. The highest BCUT2D eigenvalue weighted by Crippen LogP contribution is 2.28. The number of rotatable bonds is 4. The number of hydrogen-bond acceptors (Lipinski definition) is 5. The molecule has 120 valence electrons. The lowest BCUT2D eigenvalue weighted by molar-refractivity contribution is 0.102. The molecule has 0 aliphatic rings. The predicted molar refractivity (Wildman–Crippen MR) is 97.2 cm³/mol. The molecule has 3 aromatic rings. The molecule has 0 aliphatic heterocycles. The molecule has 0 spiro atoms. The van der Waals surface area contributed by atoms with Gasteiger partial charge in [-0.15, -0.1) is 0 Å². The molecule has 6 heteroatoms. The number of nitrogens with one attached hydrogen (secondary N) is 2. The molecule has 0 aliphatic carbocycles. The number of nitrogens with two attached hydrogens (primary N) is 2. The zero-order chi connectivity index (χ0) is 16.9. The number of carbonyl (C=O) groups excluding carboxylic acids is 1. The van der Waals surface area contributed by atoms with Gasteiger partial charge in [0.05, 0.1) is 23.3 Å². The summed E-state index contributed by atoms with van der Waals surface area (Å²) in [6.45, 7) is 0. The van der Waals surface area contributed by atoms with E-state index in [0.717, 1.165) is 11.4 Å². The molecule has 3 rings (SSSR count). The first kappa shape index (κ1) is 15.4. The second kappa shape index (κ2) is 6.70. The van der Waals surface area contributed by atoms with Gasteiger partial charge in [-0.25, -0.2) is 4.98 Å². The molecule has 0 atom stereocenters. The van der Waals surface area contributed by atoms with Gasteiger partial charge in [-0.3, -0.25) is 4.79 Å². The van der Waals surface area contributed by atoms with E-state index in [1.165, 1.54) is 6.20 Å². The van der Waals surface area contributed by atoms with Gasteiger partial charge in [0.15, 0.2) is 0 Å². The second-order valence-corrected chi connectivity index (χ2v) is 5.23. The number of carbonyl (C=O) groups is 1. The SMILES string of the molecule is Nc1ccc(C(=O)Nc2cc(N)ccc2Nc2ccccc2)nc1. The third kappa shape index (κ3) is 3.61. The lowest BCUT2D eigenvalue weighted by Gasteiger charge is -2.14. The Hall–Kier alpha value is -3.54. The largest absolute Gasteiger partial charge is 0.399 e. The Balaban J connectivity index is 1.85. The monoisotopic (exact) mass is 319 g/mol. The topological polar surface area (TPSA) is 106 Å². The summed E-state index contributed by atoms with van der Waals surface area (Å²) < 4.78 is 0. The highest BCUT2D eigenvalue weighted by atomic mass is 16.1. The van der Waals surface area contributed by atoms with Crippen LogP contribution in [0.3, 0.4) is 0 Å². The van der Waals surface area contributed by atoms with Crippen LogP contribution < -0.4 is 22.1 Å². The fraction of sp³-hybridized carbons (Fsp3) is 0. The Bertz CT molecular complexity index is 847. The molecule has 0 bridgehead atoms. The number of anilines is 5. The number of benzene rings is 2. The first-order valence-corrected chi connectivity index (χ1v) is 7.36. The van der Waals surface area contributed by atoms with E-state index in [0.29, 0.717) is 17.1 Å². The van der Waals surface area contributed by atoms with Crippen molar-refractivity contribution in [3.8, 4) is 0 Å². The summed E-state index contributed by atoms with van der Waals surface area (Å²) >= 11 is 0. The summed E-state index contributed by atoms with van der Waals surface area (Å²) in [6, 6.07) is 18.1. The van der Waals surface area contributed by atoms with Crippen molar-refractivity contribution < 1.29 is 4.79 Å². The maximum absolute atomic E-state index is 12.4. The molecule has 0 saturated heterocycles. The summed E-state index contributed by atoms with van der Waals surface area (Å²) in [7, 11) is 0. The molecular formula is C18H17N5O. The van der Waals surface area contributed by atoms with E-state index < -0.39 is 0 Å². The van der Waals surface area contributed by atoms with Crippen LogP contribution in [0.25, 0.3) is 0 Å². The van der Waals surface area contributed by atoms with Gasteiger partial charge < -0.3 is 22.1 Å².